The molecule has 0 fully saturated rings. The molecule has 0 amide bonds. The highest BCUT2D eigenvalue weighted by atomic mass is 35.7. The Kier molecular flexibility index (Phi) is 2.17. The van der Waals surface area contributed by atoms with Crippen molar-refractivity contribution in [2.45, 2.75) is 5.03 Å². The van der Waals surface area contributed by atoms with Crippen LogP contribution in [-0.2, 0) is 0 Å². The maximum atomic E-state index is 5.78. The van der Waals surface area contributed by atoms with Crippen molar-refractivity contribution in [1.82, 2.24) is 10.2 Å². The lowest BCUT2D eigenvalue weighted by molar-refractivity contribution is 1.03. The van der Waals surface area contributed by atoms with Gasteiger partial charge in [0.05, 0.1) is 5.52 Å². The zero-order chi connectivity index (χ0) is 8.55. The second-order valence-electron chi connectivity index (χ2n) is 2.30. The second kappa shape index (κ2) is 3.17. The number of nitrogens with zero attached hydrogens (tertiary/aromatic N) is 1. The van der Waals surface area contributed by atoms with Crippen molar-refractivity contribution in [3.8, 4) is 0 Å². The minimum Gasteiger partial charge on any atom is -0.277 e. The molecule has 1 aromatic heterocycles. The van der Waals surface area contributed by atoms with Gasteiger partial charge in [0.1, 0.15) is 5.03 Å². The Morgan fingerprint density at radius 1 is 1.42 bits per heavy atom. The molecule has 0 bridgehead atoms. The van der Waals surface area contributed by atoms with E-state index < -0.39 is 0 Å². The number of hydrogen-bond donors (Lipinski definition) is 1. The first-order valence-electron chi connectivity index (χ1n) is 3.23. The fraction of sp³-hybridized carbons (Fsp3) is 0. The molecular weight excluding hydrogens is 215 g/mol. The largest absolute Gasteiger partial charge is 0.277 e. The first kappa shape index (κ1) is 8.23. The van der Waals surface area contributed by atoms with Crippen LogP contribution >= 0.6 is 33.3 Å². The van der Waals surface area contributed by atoms with Crippen molar-refractivity contribution in [1.29, 1.82) is 0 Å². The molecule has 1 N–H and O–H groups in total. The van der Waals surface area contributed by atoms with E-state index in [-0.39, 0.29) is 0 Å². The standard InChI is InChI=1S/C7H4Cl2N2S/c8-4-1-2-5-6(3-4)10-11-7(5)12-9/h1-3H,(H,10,11). The normalized spacial score (nSPS) is 10.8. The Bertz CT molecular complexity index is 413. The molecule has 2 aromatic rings. The third-order valence-electron chi connectivity index (χ3n) is 1.56. The van der Waals surface area contributed by atoms with E-state index >= 15 is 0 Å². The van der Waals surface area contributed by atoms with Gasteiger partial charge in [-0.2, -0.15) is 5.10 Å². The van der Waals surface area contributed by atoms with Crippen molar-refractivity contribution in [3.05, 3.63) is 23.2 Å². The van der Waals surface area contributed by atoms with E-state index in [1.165, 1.54) is 0 Å². The number of hydrogen-bond acceptors (Lipinski definition) is 2. The van der Waals surface area contributed by atoms with Gasteiger partial charge in [-0.1, -0.05) is 11.6 Å². The lowest BCUT2D eigenvalue weighted by atomic mass is 10.3. The maximum Gasteiger partial charge on any atom is 0.141 e. The van der Waals surface area contributed by atoms with Crippen LogP contribution in [0.2, 0.25) is 5.02 Å². The average molecular weight is 219 g/mol. The average Bonchev–Trinajstić information content (AvgIpc) is 2.46. The van der Waals surface area contributed by atoms with E-state index in [9.17, 15) is 0 Å². The van der Waals surface area contributed by atoms with Crippen molar-refractivity contribution in [2.75, 3.05) is 0 Å². The molecule has 0 aliphatic carbocycles. The Morgan fingerprint density at radius 2 is 2.25 bits per heavy atom. The zero-order valence-corrected chi connectivity index (χ0v) is 8.17. The van der Waals surface area contributed by atoms with Crippen LogP contribution in [0.5, 0.6) is 0 Å². The van der Waals surface area contributed by atoms with E-state index in [1.807, 2.05) is 18.2 Å². The van der Waals surface area contributed by atoms with Gasteiger partial charge in [-0.3, -0.25) is 5.10 Å². The van der Waals surface area contributed by atoms with Gasteiger partial charge in [-0.15, -0.1) is 0 Å². The van der Waals surface area contributed by atoms with Crippen LogP contribution in [0.4, 0.5) is 0 Å². The highest BCUT2D eigenvalue weighted by molar-refractivity contribution is 8.21. The summed E-state index contributed by atoms with van der Waals surface area (Å²) >= 11 is 5.78. The molecular formula is C7H4Cl2N2S. The van der Waals surface area contributed by atoms with Crippen molar-refractivity contribution in [3.63, 3.8) is 0 Å². The lowest BCUT2D eigenvalue weighted by Crippen LogP contribution is -1.67. The Morgan fingerprint density at radius 3 is 3.00 bits per heavy atom. The van der Waals surface area contributed by atoms with E-state index in [1.54, 1.807) is 0 Å². The second-order valence-corrected chi connectivity index (χ2v) is 3.74. The summed E-state index contributed by atoms with van der Waals surface area (Å²) in [6, 6.07) is 5.53. The summed E-state index contributed by atoms with van der Waals surface area (Å²) in [5.41, 5.74) is 0.908. The Balaban J connectivity index is 2.73. The molecule has 0 saturated heterocycles. The highest BCUT2D eigenvalue weighted by Crippen LogP contribution is 2.29. The molecule has 2 nitrogen and oxygen atoms in total. The predicted octanol–water partition coefficient (Wildman–Crippen LogP) is 3.46. The summed E-state index contributed by atoms with van der Waals surface area (Å²) in [7, 11) is 6.69. The maximum absolute atomic E-state index is 5.78. The van der Waals surface area contributed by atoms with Gasteiger partial charge < -0.3 is 0 Å². The van der Waals surface area contributed by atoms with E-state index in [0.29, 0.717) is 5.02 Å². The van der Waals surface area contributed by atoms with E-state index in [4.69, 9.17) is 22.3 Å². The summed E-state index contributed by atoms with van der Waals surface area (Å²) in [5.74, 6) is 0. The lowest BCUT2D eigenvalue weighted by Gasteiger charge is -1.90. The first-order valence-corrected chi connectivity index (χ1v) is 5.25. The van der Waals surface area contributed by atoms with Gasteiger partial charge in [0, 0.05) is 21.4 Å². The Labute approximate surface area is 82.7 Å². The van der Waals surface area contributed by atoms with Crippen molar-refractivity contribution >= 4 is 44.2 Å². The minimum atomic E-state index is 0.692. The van der Waals surface area contributed by atoms with Gasteiger partial charge in [0.15, 0.2) is 0 Å². The van der Waals surface area contributed by atoms with Crippen LogP contribution in [0.3, 0.4) is 0 Å². The number of aromatic nitrogens is 2. The van der Waals surface area contributed by atoms with Gasteiger partial charge in [-0.25, -0.2) is 0 Å². The van der Waals surface area contributed by atoms with Crippen LogP contribution in [0.1, 0.15) is 0 Å². The summed E-state index contributed by atoms with van der Waals surface area (Å²) in [6.07, 6.45) is 0. The smallest absolute Gasteiger partial charge is 0.141 e. The number of H-pyrrole nitrogens is 1. The number of nitrogens with one attached hydrogen (secondary N) is 1. The van der Waals surface area contributed by atoms with Crippen LogP contribution in [0.25, 0.3) is 10.9 Å². The summed E-state index contributed by atoms with van der Waals surface area (Å²) in [5, 5.41) is 9.31. The molecule has 2 rings (SSSR count). The van der Waals surface area contributed by atoms with Crippen LogP contribution in [0, 0.1) is 0 Å². The van der Waals surface area contributed by atoms with Crippen molar-refractivity contribution in [2.24, 2.45) is 0 Å². The van der Waals surface area contributed by atoms with Crippen LogP contribution in [0.15, 0.2) is 23.2 Å². The van der Waals surface area contributed by atoms with E-state index in [2.05, 4.69) is 10.2 Å². The Hall–Kier alpha value is -0.380. The molecule has 0 radical (unpaired) electrons. The number of aromatic amines is 1. The van der Waals surface area contributed by atoms with Gasteiger partial charge in [0.25, 0.3) is 0 Å². The van der Waals surface area contributed by atoms with E-state index in [0.717, 1.165) is 26.9 Å². The third-order valence-corrected chi connectivity index (χ3v) is 2.69. The molecule has 0 spiro atoms. The quantitative estimate of drug-likeness (QED) is 0.795. The molecule has 0 saturated carbocycles. The molecule has 1 heterocycles. The molecule has 0 unspecified atom stereocenters. The molecule has 62 valence electrons. The van der Waals surface area contributed by atoms with Gasteiger partial charge in [0.2, 0.25) is 0 Å². The highest BCUT2D eigenvalue weighted by Gasteiger charge is 2.04. The summed E-state index contributed by atoms with van der Waals surface area (Å²) < 4.78 is 0. The number of fused-ring (bicyclic) bond motifs is 1. The molecule has 1 aromatic carbocycles. The SMILES string of the molecule is ClSc1n[nH]c2cc(Cl)ccc12. The number of halogens is 2. The number of rotatable bonds is 1. The fourth-order valence-electron chi connectivity index (χ4n) is 1.03. The molecule has 0 aliphatic heterocycles. The molecule has 5 heteroatoms. The summed E-state index contributed by atoms with van der Waals surface area (Å²) in [4.78, 5) is 0. The van der Waals surface area contributed by atoms with Crippen molar-refractivity contribution < 1.29 is 0 Å². The molecule has 12 heavy (non-hydrogen) atoms. The van der Waals surface area contributed by atoms with Crippen LogP contribution < -0.4 is 0 Å². The molecule has 0 atom stereocenters. The van der Waals surface area contributed by atoms with Gasteiger partial charge in [-0.05, 0) is 28.9 Å². The van der Waals surface area contributed by atoms with Gasteiger partial charge >= 0.3 is 0 Å². The number of benzene rings is 1. The molecule has 0 aliphatic rings. The third kappa shape index (κ3) is 1.28. The fourth-order valence-corrected chi connectivity index (χ4v) is 1.89. The minimum absolute atomic E-state index is 0.692. The topological polar surface area (TPSA) is 28.7 Å². The zero-order valence-electron chi connectivity index (χ0n) is 5.84. The monoisotopic (exact) mass is 218 g/mol. The van der Waals surface area contributed by atoms with Crippen LogP contribution in [-0.4, -0.2) is 10.2 Å². The predicted molar refractivity (Wildman–Crippen MR) is 52.8 cm³/mol. The summed E-state index contributed by atoms with van der Waals surface area (Å²) in [6.45, 7) is 0. The first-order chi connectivity index (χ1) is 5.81.